The summed E-state index contributed by atoms with van der Waals surface area (Å²) >= 11 is 0. The SMILES string of the molecule is CNCCCNCc1cc(OC)ccc1OC. The Morgan fingerprint density at radius 2 is 1.94 bits per heavy atom. The number of ether oxygens (including phenoxy) is 2. The van der Waals surface area contributed by atoms with Crippen LogP contribution in [0.3, 0.4) is 0 Å². The maximum absolute atomic E-state index is 5.32. The van der Waals surface area contributed by atoms with Gasteiger partial charge in [0, 0.05) is 12.1 Å². The molecule has 4 heteroatoms. The predicted molar refractivity (Wildman–Crippen MR) is 69.8 cm³/mol. The lowest BCUT2D eigenvalue weighted by Crippen LogP contribution is -2.19. The second-order valence-electron chi connectivity index (χ2n) is 3.81. The zero-order valence-corrected chi connectivity index (χ0v) is 10.9. The van der Waals surface area contributed by atoms with Crippen molar-refractivity contribution in [3.8, 4) is 11.5 Å². The topological polar surface area (TPSA) is 42.5 Å². The van der Waals surface area contributed by atoms with Crippen LogP contribution < -0.4 is 20.1 Å². The van der Waals surface area contributed by atoms with E-state index >= 15 is 0 Å². The maximum Gasteiger partial charge on any atom is 0.123 e. The van der Waals surface area contributed by atoms with Crippen LogP contribution in [0.2, 0.25) is 0 Å². The van der Waals surface area contributed by atoms with E-state index in [9.17, 15) is 0 Å². The Kier molecular flexibility index (Phi) is 6.43. The number of rotatable bonds is 8. The molecule has 1 aromatic carbocycles. The molecule has 1 rings (SSSR count). The molecule has 0 heterocycles. The van der Waals surface area contributed by atoms with Gasteiger partial charge in [-0.2, -0.15) is 0 Å². The molecule has 0 amide bonds. The molecule has 0 bridgehead atoms. The van der Waals surface area contributed by atoms with Crippen molar-refractivity contribution in [2.24, 2.45) is 0 Å². The minimum atomic E-state index is 0.796. The third-order valence-electron chi connectivity index (χ3n) is 2.58. The van der Waals surface area contributed by atoms with Crippen LogP contribution in [0, 0.1) is 0 Å². The zero-order valence-electron chi connectivity index (χ0n) is 10.9. The summed E-state index contributed by atoms with van der Waals surface area (Å²) in [6.45, 7) is 2.81. The Bertz CT molecular complexity index is 329. The number of hydrogen-bond donors (Lipinski definition) is 2. The number of hydrogen-bond acceptors (Lipinski definition) is 4. The van der Waals surface area contributed by atoms with Gasteiger partial charge in [0.2, 0.25) is 0 Å². The fourth-order valence-corrected chi connectivity index (χ4v) is 1.63. The Morgan fingerprint density at radius 1 is 1.12 bits per heavy atom. The lowest BCUT2D eigenvalue weighted by Gasteiger charge is -2.11. The van der Waals surface area contributed by atoms with Crippen molar-refractivity contribution < 1.29 is 9.47 Å². The van der Waals surface area contributed by atoms with Gasteiger partial charge in [-0.15, -0.1) is 0 Å². The van der Waals surface area contributed by atoms with E-state index in [0.717, 1.165) is 43.1 Å². The Morgan fingerprint density at radius 3 is 2.59 bits per heavy atom. The average molecular weight is 238 g/mol. The predicted octanol–water partition coefficient (Wildman–Crippen LogP) is 1.40. The summed E-state index contributed by atoms with van der Waals surface area (Å²) in [5.41, 5.74) is 1.12. The van der Waals surface area contributed by atoms with Crippen molar-refractivity contribution >= 4 is 0 Å². The summed E-state index contributed by atoms with van der Waals surface area (Å²) < 4.78 is 10.5. The van der Waals surface area contributed by atoms with Crippen molar-refractivity contribution in [2.45, 2.75) is 13.0 Å². The van der Waals surface area contributed by atoms with Crippen LogP contribution in [0.15, 0.2) is 18.2 Å². The van der Waals surface area contributed by atoms with E-state index in [4.69, 9.17) is 9.47 Å². The van der Waals surface area contributed by atoms with Gasteiger partial charge in [0.25, 0.3) is 0 Å². The standard InChI is InChI=1S/C13H22N2O2/c1-14-7-4-8-15-10-11-9-12(16-2)5-6-13(11)17-3/h5-6,9,14-15H,4,7-8,10H2,1-3H3. The molecule has 0 aliphatic heterocycles. The van der Waals surface area contributed by atoms with Gasteiger partial charge in [-0.05, 0) is 44.8 Å². The third kappa shape index (κ3) is 4.63. The number of methoxy groups -OCH3 is 2. The molecule has 1 aromatic rings. The molecule has 0 saturated heterocycles. The quantitative estimate of drug-likeness (QED) is 0.672. The molecule has 0 aliphatic carbocycles. The molecule has 0 radical (unpaired) electrons. The van der Waals surface area contributed by atoms with Gasteiger partial charge in [0.15, 0.2) is 0 Å². The maximum atomic E-state index is 5.32. The van der Waals surface area contributed by atoms with Crippen molar-refractivity contribution in [1.82, 2.24) is 10.6 Å². The first kappa shape index (κ1) is 13.8. The largest absolute Gasteiger partial charge is 0.497 e. The Balaban J connectivity index is 2.49. The van der Waals surface area contributed by atoms with Crippen molar-refractivity contribution in [1.29, 1.82) is 0 Å². The Hall–Kier alpha value is -1.26. The zero-order chi connectivity index (χ0) is 12.5. The van der Waals surface area contributed by atoms with Gasteiger partial charge in [-0.3, -0.25) is 0 Å². The lowest BCUT2D eigenvalue weighted by atomic mass is 10.2. The minimum absolute atomic E-state index is 0.796. The molecule has 0 aliphatic rings. The van der Waals surface area contributed by atoms with Crippen LogP contribution in [0.4, 0.5) is 0 Å². The van der Waals surface area contributed by atoms with Crippen LogP contribution in [0.25, 0.3) is 0 Å². The normalized spacial score (nSPS) is 10.3. The second kappa shape index (κ2) is 7.92. The van der Waals surface area contributed by atoms with Crippen molar-refractivity contribution in [3.63, 3.8) is 0 Å². The van der Waals surface area contributed by atoms with Gasteiger partial charge >= 0.3 is 0 Å². The summed E-state index contributed by atoms with van der Waals surface area (Å²) in [7, 11) is 5.32. The van der Waals surface area contributed by atoms with Gasteiger partial charge in [0.1, 0.15) is 11.5 Å². The molecule has 17 heavy (non-hydrogen) atoms. The summed E-state index contributed by atoms with van der Waals surface area (Å²) in [6.07, 6.45) is 1.11. The molecular weight excluding hydrogens is 216 g/mol. The smallest absolute Gasteiger partial charge is 0.123 e. The molecule has 4 nitrogen and oxygen atoms in total. The summed E-state index contributed by atoms with van der Waals surface area (Å²) in [6, 6.07) is 5.84. The molecule has 0 fully saturated rings. The highest BCUT2D eigenvalue weighted by atomic mass is 16.5. The highest BCUT2D eigenvalue weighted by molar-refractivity contribution is 5.40. The highest BCUT2D eigenvalue weighted by Gasteiger charge is 2.04. The molecule has 2 N–H and O–H groups in total. The van der Waals surface area contributed by atoms with Crippen LogP contribution >= 0.6 is 0 Å². The van der Waals surface area contributed by atoms with E-state index in [1.165, 1.54) is 0 Å². The van der Waals surface area contributed by atoms with E-state index in [2.05, 4.69) is 10.6 Å². The van der Waals surface area contributed by atoms with E-state index in [1.54, 1.807) is 14.2 Å². The fourth-order valence-electron chi connectivity index (χ4n) is 1.63. The summed E-state index contributed by atoms with van der Waals surface area (Å²) in [5, 5.41) is 6.51. The minimum Gasteiger partial charge on any atom is -0.497 e. The first-order valence-corrected chi connectivity index (χ1v) is 5.88. The van der Waals surface area contributed by atoms with E-state index in [1.807, 2.05) is 25.2 Å². The monoisotopic (exact) mass is 238 g/mol. The molecule has 0 atom stereocenters. The van der Waals surface area contributed by atoms with E-state index < -0.39 is 0 Å². The first-order chi connectivity index (χ1) is 8.31. The first-order valence-electron chi connectivity index (χ1n) is 5.88. The summed E-state index contributed by atoms with van der Waals surface area (Å²) in [4.78, 5) is 0. The molecule has 0 aromatic heterocycles. The molecule has 96 valence electrons. The fraction of sp³-hybridized carbons (Fsp3) is 0.538. The van der Waals surface area contributed by atoms with Crippen LogP contribution in [0.1, 0.15) is 12.0 Å². The van der Waals surface area contributed by atoms with Gasteiger partial charge in [-0.25, -0.2) is 0 Å². The van der Waals surface area contributed by atoms with E-state index in [0.29, 0.717) is 0 Å². The number of nitrogens with one attached hydrogen (secondary N) is 2. The van der Waals surface area contributed by atoms with Crippen LogP contribution in [0.5, 0.6) is 11.5 Å². The molecule has 0 unspecified atom stereocenters. The molecular formula is C13H22N2O2. The van der Waals surface area contributed by atoms with E-state index in [-0.39, 0.29) is 0 Å². The van der Waals surface area contributed by atoms with Crippen LogP contribution in [-0.2, 0) is 6.54 Å². The van der Waals surface area contributed by atoms with Gasteiger partial charge in [-0.1, -0.05) is 0 Å². The van der Waals surface area contributed by atoms with Gasteiger partial charge in [0.05, 0.1) is 14.2 Å². The third-order valence-corrected chi connectivity index (χ3v) is 2.58. The average Bonchev–Trinajstić information content (AvgIpc) is 2.38. The van der Waals surface area contributed by atoms with Crippen molar-refractivity contribution in [2.75, 3.05) is 34.4 Å². The Labute approximate surface area is 103 Å². The van der Waals surface area contributed by atoms with Crippen LogP contribution in [-0.4, -0.2) is 34.4 Å². The second-order valence-corrected chi connectivity index (χ2v) is 3.81. The van der Waals surface area contributed by atoms with Crippen molar-refractivity contribution in [3.05, 3.63) is 23.8 Å². The van der Waals surface area contributed by atoms with Gasteiger partial charge < -0.3 is 20.1 Å². The lowest BCUT2D eigenvalue weighted by molar-refractivity contribution is 0.397. The highest BCUT2D eigenvalue weighted by Crippen LogP contribution is 2.23. The number of benzene rings is 1. The summed E-state index contributed by atoms with van der Waals surface area (Å²) in [5.74, 6) is 1.75. The molecule has 0 saturated carbocycles. The molecule has 0 spiro atoms.